The number of hydrogen-bond acceptors (Lipinski definition) is 1. The van der Waals surface area contributed by atoms with E-state index in [2.05, 4.69) is 22.0 Å². The van der Waals surface area contributed by atoms with Gasteiger partial charge in [0.05, 0.1) is 4.83 Å². The van der Waals surface area contributed by atoms with Crippen molar-refractivity contribution in [3.05, 3.63) is 23.8 Å². The van der Waals surface area contributed by atoms with Crippen LogP contribution < -0.4 is 0 Å². The minimum atomic E-state index is 0.0755. The number of fused-ring (bicyclic) bond motifs is 1. The quantitative estimate of drug-likeness (QED) is 0.581. The molecule has 1 saturated carbocycles. The average Bonchev–Trinajstić information content (AvgIpc) is 2.12. The van der Waals surface area contributed by atoms with E-state index in [0.29, 0.717) is 11.7 Å². The van der Waals surface area contributed by atoms with E-state index >= 15 is 0 Å². The van der Waals surface area contributed by atoms with Gasteiger partial charge < -0.3 is 0 Å². The molecule has 2 atom stereocenters. The fourth-order valence-electron chi connectivity index (χ4n) is 1.89. The zero-order valence-corrected chi connectivity index (χ0v) is 8.38. The molecule has 0 N–H and O–H groups in total. The van der Waals surface area contributed by atoms with Gasteiger partial charge in [-0.2, -0.15) is 0 Å². The van der Waals surface area contributed by atoms with Gasteiger partial charge in [0.25, 0.3) is 0 Å². The Balaban J connectivity index is 2.27. The van der Waals surface area contributed by atoms with E-state index in [0.717, 1.165) is 24.8 Å². The smallest absolute Gasteiger partial charge is 0.172 e. The summed E-state index contributed by atoms with van der Waals surface area (Å²) in [6.07, 6.45) is 9.32. The second-order valence-electron chi connectivity index (χ2n) is 3.39. The van der Waals surface area contributed by atoms with E-state index in [-0.39, 0.29) is 4.83 Å². The molecule has 2 aliphatic carbocycles. The highest BCUT2D eigenvalue weighted by Crippen LogP contribution is 2.34. The summed E-state index contributed by atoms with van der Waals surface area (Å²) in [4.78, 5) is 11.7. The fourth-order valence-corrected chi connectivity index (χ4v) is 2.42. The summed E-state index contributed by atoms with van der Waals surface area (Å²) in [6, 6.07) is 0. The fraction of sp³-hybridized carbons (Fsp3) is 0.500. The second kappa shape index (κ2) is 3.17. The van der Waals surface area contributed by atoms with Gasteiger partial charge >= 0.3 is 0 Å². The summed E-state index contributed by atoms with van der Waals surface area (Å²) in [5.74, 6) is 0.812. The van der Waals surface area contributed by atoms with Gasteiger partial charge in [0, 0.05) is 0 Å². The van der Waals surface area contributed by atoms with Gasteiger partial charge in [-0.25, -0.2) is 0 Å². The highest BCUT2D eigenvalue weighted by Gasteiger charge is 2.31. The molecular weight excluding hydrogens is 216 g/mol. The summed E-state index contributed by atoms with van der Waals surface area (Å²) >= 11 is 3.40. The van der Waals surface area contributed by atoms with Gasteiger partial charge in [-0.3, -0.25) is 4.79 Å². The van der Waals surface area contributed by atoms with E-state index in [1.807, 2.05) is 12.2 Å². The number of ketones is 1. The Morgan fingerprint density at radius 1 is 1.42 bits per heavy atom. The molecule has 0 aliphatic heterocycles. The van der Waals surface area contributed by atoms with Crippen LogP contribution in [0.2, 0.25) is 0 Å². The molecule has 2 aliphatic rings. The molecule has 2 rings (SSSR count). The van der Waals surface area contributed by atoms with Crippen molar-refractivity contribution in [1.29, 1.82) is 0 Å². The average molecular weight is 227 g/mol. The molecular formula is C10H11BrO. The number of carbonyl (C=O) groups is 1. The zero-order chi connectivity index (χ0) is 8.55. The first-order valence-electron chi connectivity index (χ1n) is 4.34. The Morgan fingerprint density at radius 2 is 2.25 bits per heavy atom. The Labute approximate surface area is 80.7 Å². The minimum absolute atomic E-state index is 0.0755. The molecule has 0 radical (unpaired) electrons. The lowest BCUT2D eigenvalue weighted by molar-refractivity contribution is -0.116. The summed E-state index contributed by atoms with van der Waals surface area (Å²) in [5, 5.41) is 0. The Morgan fingerprint density at radius 3 is 3.08 bits per heavy atom. The lowest BCUT2D eigenvalue weighted by atomic mass is 9.79. The van der Waals surface area contributed by atoms with Crippen LogP contribution in [-0.2, 0) is 4.79 Å². The third kappa shape index (κ3) is 1.28. The van der Waals surface area contributed by atoms with Crippen molar-refractivity contribution in [2.24, 2.45) is 5.92 Å². The van der Waals surface area contributed by atoms with Gasteiger partial charge in [-0.15, -0.1) is 0 Å². The predicted molar refractivity (Wildman–Crippen MR) is 52.3 cm³/mol. The maximum Gasteiger partial charge on any atom is 0.172 e. The molecule has 1 fully saturated rings. The van der Waals surface area contributed by atoms with Crippen molar-refractivity contribution in [2.45, 2.75) is 24.1 Å². The highest BCUT2D eigenvalue weighted by molar-refractivity contribution is 9.10. The van der Waals surface area contributed by atoms with Gasteiger partial charge in [0.2, 0.25) is 0 Å². The molecule has 12 heavy (non-hydrogen) atoms. The van der Waals surface area contributed by atoms with E-state index in [9.17, 15) is 4.79 Å². The maximum absolute atomic E-state index is 11.6. The molecule has 0 saturated heterocycles. The topological polar surface area (TPSA) is 17.1 Å². The monoisotopic (exact) mass is 226 g/mol. The van der Waals surface area contributed by atoms with Crippen molar-refractivity contribution in [3.63, 3.8) is 0 Å². The first-order valence-corrected chi connectivity index (χ1v) is 5.25. The van der Waals surface area contributed by atoms with Crippen molar-refractivity contribution >= 4 is 21.7 Å². The van der Waals surface area contributed by atoms with Crippen LogP contribution in [0.25, 0.3) is 0 Å². The minimum Gasteiger partial charge on any atom is -0.293 e. The second-order valence-corrected chi connectivity index (χ2v) is 4.50. The first-order chi connectivity index (χ1) is 5.79. The molecule has 0 heterocycles. The molecule has 2 heteroatoms. The van der Waals surface area contributed by atoms with Gasteiger partial charge in [-0.1, -0.05) is 34.2 Å². The number of hydrogen-bond donors (Lipinski definition) is 0. The molecule has 0 aromatic rings. The van der Waals surface area contributed by atoms with Gasteiger partial charge in [-0.05, 0) is 30.8 Å². The highest BCUT2D eigenvalue weighted by atomic mass is 79.9. The Bertz CT molecular complexity index is 265. The van der Waals surface area contributed by atoms with Crippen LogP contribution in [0, 0.1) is 5.92 Å². The number of allylic oxidation sites excluding steroid dienone is 4. The normalized spacial score (nSPS) is 34.4. The molecule has 0 aromatic heterocycles. The zero-order valence-electron chi connectivity index (χ0n) is 6.79. The maximum atomic E-state index is 11.6. The number of Topliss-reactive ketones (excluding diaryl/α,β-unsaturated/α-hetero) is 1. The number of rotatable bonds is 0. The van der Waals surface area contributed by atoms with Crippen molar-refractivity contribution in [3.8, 4) is 0 Å². The van der Waals surface area contributed by atoms with Gasteiger partial charge in [0.15, 0.2) is 5.78 Å². The summed E-state index contributed by atoms with van der Waals surface area (Å²) in [5.41, 5.74) is 1.03. The molecule has 1 nitrogen and oxygen atoms in total. The Hall–Kier alpha value is -0.370. The SMILES string of the molecule is O=C1C2=CC=CCC2CCC1Br. The molecule has 0 bridgehead atoms. The van der Waals surface area contributed by atoms with Gasteiger partial charge in [0.1, 0.15) is 0 Å². The van der Waals surface area contributed by atoms with E-state index < -0.39 is 0 Å². The lowest BCUT2D eigenvalue weighted by Crippen LogP contribution is -2.28. The standard InChI is InChI=1S/C10H11BrO/c11-9-6-5-7-3-1-2-4-8(7)10(9)12/h1-2,4,7,9H,3,5-6H2. The molecule has 0 amide bonds. The molecule has 64 valence electrons. The first kappa shape index (κ1) is 8.24. The van der Waals surface area contributed by atoms with Crippen LogP contribution in [0.1, 0.15) is 19.3 Å². The van der Waals surface area contributed by atoms with Crippen LogP contribution in [0.5, 0.6) is 0 Å². The number of carbonyl (C=O) groups excluding carboxylic acids is 1. The molecule has 0 aromatic carbocycles. The van der Waals surface area contributed by atoms with Crippen LogP contribution >= 0.6 is 15.9 Å². The van der Waals surface area contributed by atoms with Crippen LogP contribution in [0.3, 0.4) is 0 Å². The third-order valence-electron chi connectivity index (χ3n) is 2.61. The van der Waals surface area contributed by atoms with E-state index in [1.165, 1.54) is 0 Å². The summed E-state index contributed by atoms with van der Waals surface area (Å²) in [6.45, 7) is 0. The van der Waals surface area contributed by atoms with Crippen molar-refractivity contribution in [2.75, 3.05) is 0 Å². The van der Waals surface area contributed by atoms with Crippen molar-refractivity contribution in [1.82, 2.24) is 0 Å². The van der Waals surface area contributed by atoms with Crippen LogP contribution in [0.15, 0.2) is 23.8 Å². The third-order valence-corrected chi connectivity index (χ3v) is 3.48. The van der Waals surface area contributed by atoms with Crippen LogP contribution in [-0.4, -0.2) is 10.6 Å². The van der Waals surface area contributed by atoms with Crippen molar-refractivity contribution < 1.29 is 4.79 Å². The molecule has 2 unspecified atom stereocenters. The van der Waals surface area contributed by atoms with E-state index in [4.69, 9.17) is 0 Å². The van der Waals surface area contributed by atoms with E-state index in [1.54, 1.807) is 0 Å². The Kier molecular flexibility index (Phi) is 2.18. The molecule has 0 spiro atoms. The largest absolute Gasteiger partial charge is 0.293 e. The lowest BCUT2D eigenvalue weighted by Gasteiger charge is -2.27. The summed E-state index contributed by atoms with van der Waals surface area (Å²) in [7, 11) is 0. The predicted octanol–water partition coefficient (Wildman–Crippen LogP) is 2.62. The summed E-state index contributed by atoms with van der Waals surface area (Å²) < 4.78 is 0. The number of halogens is 1. The number of alkyl halides is 1. The van der Waals surface area contributed by atoms with Crippen LogP contribution in [0.4, 0.5) is 0 Å².